The Labute approximate surface area is 115 Å². The molecule has 0 amide bonds. The van der Waals surface area contributed by atoms with E-state index in [0.717, 1.165) is 18.5 Å². The highest BCUT2D eigenvalue weighted by molar-refractivity contribution is 4.88. The van der Waals surface area contributed by atoms with E-state index in [1.165, 1.54) is 45.2 Å². The highest BCUT2D eigenvalue weighted by atomic mass is 15.1. The molecule has 1 N–H and O–H groups in total. The van der Waals surface area contributed by atoms with E-state index in [1.54, 1.807) is 0 Å². The minimum Gasteiger partial charge on any atom is -0.316 e. The lowest BCUT2D eigenvalue weighted by Crippen LogP contribution is -2.45. The Morgan fingerprint density at radius 3 is 2.28 bits per heavy atom. The summed E-state index contributed by atoms with van der Waals surface area (Å²) in [7, 11) is 2.32. The molecule has 1 atom stereocenters. The van der Waals surface area contributed by atoms with Crippen LogP contribution in [0.5, 0.6) is 0 Å². The molecule has 1 unspecified atom stereocenters. The van der Waals surface area contributed by atoms with Crippen LogP contribution in [-0.4, -0.2) is 37.6 Å². The molecule has 18 heavy (non-hydrogen) atoms. The lowest BCUT2D eigenvalue weighted by atomic mass is 9.81. The first-order chi connectivity index (χ1) is 8.58. The summed E-state index contributed by atoms with van der Waals surface area (Å²) in [4.78, 5) is 2.61. The van der Waals surface area contributed by atoms with Crippen molar-refractivity contribution < 1.29 is 0 Å². The average Bonchev–Trinajstić information content (AvgIpc) is 3.21. The van der Waals surface area contributed by atoms with Crippen LogP contribution < -0.4 is 5.32 Å². The molecule has 0 saturated heterocycles. The van der Waals surface area contributed by atoms with Crippen molar-refractivity contribution in [3.63, 3.8) is 0 Å². The van der Waals surface area contributed by atoms with E-state index in [-0.39, 0.29) is 0 Å². The molecule has 1 saturated carbocycles. The summed E-state index contributed by atoms with van der Waals surface area (Å²) in [5, 5.41) is 3.64. The monoisotopic (exact) mass is 254 g/mol. The molecule has 1 aliphatic carbocycles. The highest BCUT2D eigenvalue weighted by Crippen LogP contribution is 2.36. The van der Waals surface area contributed by atoms with E-state index >= 15 is 0 Å². The molecular formula is C16H34N2. The Bertz CT molecular complexity index is 219. The van der Waals surface area contributed by atoms with Crippen molar-refractivity contribution in [3.8, 4) is 0 Å². The fraction of sp³-hybridized carbons (Fsp3) is 1.00. The van der Waals surface area contributed by atoms with Gasteiger partial charge in [-0.05, 0) is 64.0 Å². The molecule has 0 radical (unpaired) electrons. The molecule has 0 aromatic rings. The summed E-state index contributed by atoms with van der Waals surface area (Å²) < 4.78 is 0. The second-order valence-electron chi connectivity index (χ2n) is 6.38. The largest absolute Gasteiger partial charge is 0.316 e. The molecule has 0 bridgehead atoms. The van der Waals surface area contributed by atoms with Gasteiger partial charge < -0.3 is 10.2 Å². The van der Waals surface area contributed by atoms with Gasteiger partial charge in [0.25, 0.3) is 0 Å². The topological polar surface area (TPSA) is 15.3 Å². The summed E-state index contributed by atoms with van der Waals surface area (Å²) in [5.74, 6) is 0.977. The third-order valence-corrected chi connectivity index (χ3v) is 5.01. The van der Waals surface area contributed by atoms with E-state index in [2.05, 4.69) is 45.0 Å². The van der Waals surface area contributed by atoms with Crippen molar-refractivity contribution in [1.29, 1.82) is 0 Å². The molecule has 0 aromatic carbocycles. The van der Waals surface area contributed by atoms with Gasteiger partial charge in [-0.15, -0.1) is 0 Å². The fourth-order valence-electron chi connectivity index (χ4n) is 2.92. The summed E-state index contributed by atoms with van der Waals surface area (Å²) in [6.45, 7) is 12.9. The van der Waals surface area contributed by atoms with Gasteiger partial charge in [0.1, 0.15) is 0 Å². The van der Waals surface area contributed by atoms with Gasteiger partial charge in [-0.2, -0.15) is 0 Å². The zero-order valence-electron chi connectivity index (χ0n) is 13.3. The second-order valence-corrected chi connectivity index (χ2v) is 6.38. The van der Waals surface area contributed by atoms with Crippen LogP contribution in [0.4, 0.5) is 0 Å². The van der Waals surface area contributed by atoms with Crippen molar-refractivity contribution in [2.24, 2.45) is 11.3 Å². The quantitative estimate of drug-likeness (QED) is 0.600. The van der Waals surface area contributed by atoms with Crippen LogP contribution in [0.1, 0.15) is 59.8 Å². The summed E-state index contributed by atoms with van der Waals surface area (Å²) in [6.07, 6.45) is 6.69. The van der Waals surface area contributed by atoms with Crippen molar-refractivity contribution >= 4 is 0 Å². The first-order valence-electron chi connectivity index (χ1n) is 7.99. The van der Waals surface area contributed by atoms with E-state index in [9.17, 15) is 0 Å². The van der Waals surface area contributed by atoms with Gasteiger partial charge in [0.2, 0.25) is 0 Å². The molecule has 0 heterocycles. The van der Waals surface area contributed by atoms with E-state index < -0.39 is 0 Å². The molecular weight excluding hydrogens is 220 g/mol. The van der Waals surface area contributed by atoms with Gasteiger partial charge in [0, 0.05) is 19.1 Å². The van der Waals surface area contributed by atoms with E-state index in [4.69, 9.17) is 0 Å². The van der Waals surface area contributed by atoms with Gasteiger partial charge in [0.05, 0.1) is 0 Å². The highest BCUT2D eigenvalue weighted by Gasteiger charge is 2.34. The van der Waals surface area contributed by atoms with Crippen LogP contribution in [0.25, 0.3) is 0 Å². The van der Waals surface area contributed by atoms with Gasteiger partial charge >= 0.3 is 0 Å². The Morgan fingerprint density at radius 1 is 1.22 bits per heavy atom. The maximum Gasteiger partial charge on any atom is 0.00923 e. The number of nitrogens with one attached hydrogen (secondary N) is 1. The zero-order chi connectivity index (χ0) is 13.6. The lowest BCUT2D eigenvalue weighted by molar-refractivity contribution is 0.119. The van der Waals surface area contributed by atoms with Gasteiger partial charge in [-0.3, -0.25) is 0 Å². The van der Waals surface area contributed by atoms with Crippen LogP contribution in [-0.2, 0) is 0 Å². The Balaban J connectivity index is 2.48. The normalized spacial score (nSPS) is 18.3. The number of hydrogen-bond acceptors (Lipinski definition) is 2. The van der Waals surface area contributed by atoms with Gasteiger partial charge in [-0.25, -0.2) is 0 Å². The van der Waals surface area contributed by atoms with Gasteiger partial charge in [0.15, 0.2) is 0 Å². The van der Waals surface area contributed by atoms with Crippen molar-refractivity contribution in [2.45, 2.75) is 65.8 Å². The molecule has 108 valence electrons. The molecule has 1 fully saturated rings. The maximum atomic E-state index is 3.64. The zero-order valence-corrected chi connectivity index (χ0v) is 13.3. The molecule has 2 heteroatoms. The standard InChI is InChI=1S/C16H34N2/c1-6-11-17-12-16(7-2,8-3)13-18(5)14(4)15-9-10-15/h14-15,17H,6-13H2,1-5H3. The summed E-state index contributed by atoms with van der Waals surface area (Å²) >= 11 is 0. The van der Waals surface area contributed by atoms with E-state index in [0.29, 0.717) is 5.41 Å². The molecule has 0 aliphatic heterocycles. The molecule has 0 aromatic heterocycles. The Hall–Kier alpha value is -0.0800. The number of rotatable bonds is 10. The summed E-state index contributed by atoms with van der Waals surface area (Å²) in [6, 6.07) is 0.772. The minimum atomic E-state index is 0.465. The Kier molecular flexibility index (Phi) is 6.65. The summed E-state index contributed by atoms with van der Waals surface area (Å²) in [5.41, 5.74) is 0.465. The van der Waals surface area contributed by atoms with Crippen LogP contribution in [0.2, 0.25) is 0 Å². The smallest absolute Gasteiger partial charge is 0.00923 e. The van der Waals surface area contributed by atoms with Crippen LogP contribution >= 0.6 is 0 Å². The third-order valence-electron chi connectivity index (χ3n) is 5.01. The van der Waals surface area contributed by atoms with Crippen molar-refractivity contribution in [1.82, 2.24) is 10.2 Å². The second kappa shape index (κ2) is 7.49. The van der Waals surface area contributed by atoms with Gasteiger partial charge in [-0.1, -0.05) is 20.8 Å². The first-order valence-corrected chi connectivity index (χ1v) is 7.99. The first kappa shape index (κ1) is 16.0. The SMILES string of the molecule is CCCNCC(CC)(CC)CN(C)C(C)C1CC1. The number of nitrogens with zero attached hydrogens (tertiary/aromatic N) is 1. The molecule has 1 aliphatic rings. The van der Waals surface area contributed by atoms with Crippen molar-refractivity contribution in [2.75, 3.05) is 26.7 Å². The third kappa shape index (κ3) is 4.55. The minimum absolute atomic E-state index is 0.465. The predicted octanol–water partition coefficient (Wildman–Crippen LogP) is 3.52. The molecule has 1 rings (SSSR count). The molecule has 0 spiro atoms. The average molecular weight is 254 g/mol. The van der Waals surface area contributed by atoms with Crippen LogP contribution in [0.15, 0.2) is 0 Å². The fourth-order valence-corrected chi connectivity index (χ4v) is 2.92. The van der Waals surface area contributed by atoms with Crippen LogP contribution in [0, 0.1) is 11.3 Å². The lowest BCUT2D eigenvalue weighted by Gasteiger charge is -2.38. The van der Waals surface area contributed by atoms with Crippen molar-refractivity contribution in [3.05, 3.63) is 0 Å². The predicted molar refractivity (Wildman–Crippen MR) is 81.0 cm³/mol. The van der Waals surface area contributed by atoms with Crippen LogP contribution in [0.3, 0.4) is 0 Å². The maximum absolute atomic E-state index is 3.64. The van der Waals surface area contributed by atoms with E-state index in [1.807, 2.05) is 0 Å². The number of hydrogen-bond donors (Lipinski definition) is 1. The molecule has 2 nitrogen and oxygen atoms in total. The Morgan fingerprint density at radius 2 is 1.83 bits per heavy atom.